The Morgan fingerprint density at radius 1 is 1.21 bits per heavy atom. The fourth-order valence-corrected chi connectivity index (χ4v) is 2.23. The van der Waals surface area contributed by atoms with Crippen molar-refractivity contribution in [1.29, 1.82) is 0 Å². The van der Waals surface area contributed by atoms with E-state index in [2.05, 4.69) is 9.84 Å². The predicted octanol–water partition coefficient (Wildman–Crippen LogP) is -1.84. The van der Waals surface area contributed by atoms with Crippen LogP contribution in [0, 0.1) is 0 Å². The van der Waals surface area contributed by atoms with Crippen LogP contribution in [-0.2, 0) is 23.2 Å². The van der Waals surface area contributed by atoms with Crippen LogP contribution in [0.1, 0.15) is 0 Å². The second-order valence-corrected chi connectivity index (χ2v) is 5.23. The fourth-order valence-electron chi connectivity index (χ4n) is 1.79. The van der Waals surface area contributed by atoms with Crippen molar-refractivity contribution in [1.82, 2.24) is 14.5 Å². The van der Waals surface area contributed by atoms with Crippen LogP contribution in [0.2, 0.25) is 0 Å². The molecule has 2 rings (SSSR count). The van der Waals surface area contributed by atoms with Crippen molar-refractivity contribution in [3.05, 3.63) is 20.8 Å². The van der Waals surface area contributed by atoms with E-state index in [1.165, 1.54) is 21.1 Å². The number of hydrogen-bond acceptors (Lipinski definition) is 5. The van der Waals surface area contributed by atoms with Crippen LogP contribution >= 0.6 is 7.82 Å². The zero-order valence-electron chi connectivity index (χ0n) is 10.3. The molecular weight excluding hydrogens is 279 g/mol. The van der Waals surface area contributed by atoms with Gasteiger partial charge in [-0.05, 0) is 0 Å². The monoisotopic (exact) mass is 291 g/mol. The van der Waals surface area contributed by atoms with Gasteiger partial charge in [0.2, 0.25) is 6.35 Å². The van der Waals surface area contributed by atoms with E-state index in [1.807, 2.05) is 0 Å². The first-order valence-electron chi connectivity index (χ1n) is 5.11. The van der Waals surface area contributed by atoms with Gasteiger partial charge in [0, 0.05) is 21.1 Å². The molecule has 2 heterocycles. The summed E-state index contributed by atoms with van der Waals surface area (Å²) in [6.45, 7) is 0. The summed E-state index contributed by atoms with van der Waals surface area (Å²) in [6.07, 6.45) is -1.35. The van der Waals surface area contributed by atoms with Gasteiger partial charge < -0.3 is 14.7 Å². The zero-order valence-corrected chi connectivity index (χ0v) is 11.2. The minimum Gasteiger partial charge on any atom is -0.322 e. The summed E-state index contributed by atoms with van der Waals surface area (Å²) in [5.74, 6) is 0.0223. The van der Waals surface area contributed by atoms with Gasteiger partial charge >= 0.3 is 13.5 Å². The third-order valence-electron chi connectivity index (χ3n) is 2.76. The number of rotatable bonds is 2. The highest BCUT2D eigenvalue weighted by Gasteiger charge is 2.38. The Kier molecular flexibility index (Phi) is 3.06. The quantitative estimate of drug-likeness (QED) is 0.613. The lowest BCUT2D eigenvalue weighted by Crippen LogP contribution is -2.39. The summed E-state index contributed by atoms with van der Waals surface area (Å²) in [7, 11) is -0.674. The smallest absolute Gasteiger partial charge is 0.322 e. The largest absolute Gasteiger partial charge is 0.472 e. The van der Waals surface area contributed by atoms with E-state index in [4.69, 9.17) is 9.79 Å². The van der Waals surface area contributed by atoms with Crippen LogP contribution in [-0.4, -0.2) is 32.3 Å². The number of fused-ring (bicyclic) bond motifs is 1. The van der Waals surface area contributed by atoms with Crippen LogP contribution in [0.15, 0.2) is 9.59 Å². The van der Waals surface area contributed by atoms with Crippen molar-refractivity contribution >= 4 is 19.3 Å². The molecule has 0 amide bonds. The van der Waals surface area contributed by atoms with Crippen molar-refractivity contribution in [3.63, 3.8) is 0 Å². The first-order chi connectivity index (χ1) is 8.63. The molecule has 0 aliphatic carbocycles. The van der Waals surface area contributed by atoms with Gasteiger partial charge in [-0.15, -0.1) is 0 Å². The Morgan fingerprint density at radius 3 is 2.32 bits per heavy atom. The van der Waals surface area contributed by atoms with E-state index in [9.17, 15) is 14.2 Å². The number of anilines is 1. The topological polar surface area (TPSA) is 128 Å². The Labute approximate surface area is 107 Å². The van der Waals surface area contributed by atoms with E-state index >= 15 is 0 Å². The maximum Gasteiger partial charge on any atom is 0.472 e. The Bertz CT molecular complexity index is 688. The highest BCUT2D eigenvalue weighted by Crippen LogP contribution is 2.41. The Hall–Kier alpha value is -1.61. The van der Waals surface area contributed by atoms with E-state index in [-0.39, 0.29) is 11.5 Å². The molecule has 0 aromatic carbocycles. The summed E-state index contributed by atoms with van der Waals surface area (Å²) in [4.78, 5) is 42.4. The standard InChI is InChI=1S/C8H12N4O6P/c1-10-4-5(9-7(10)18-19(15,16)17)11(2)8(14)12(3)6(4)13/h7H,1-3H3,(H2,15,16,17). The summed E-state index contributed by atoms with van der Waals surface area (Å²) in [6, 6.07) is 0. The van der Waals surface area contributed by atoms with E-state index in [0.717, 1.165) is 14.0 Å². The second-order valence-electron chi connectivity index (χ2n) is 4.04. The number of phosphoric ester groups is 1. The lowest BCUT2D eigenvalue weighted by Gasteiger charge is -2.19. The lowest BCUT2D eigenvalue weighted by molar-refractivity contribution is 0.124. The molecule has 19 heavy (non-hydrogen) atoms. The Morgan fingerprint density at radius 2 is 1.79 bits per heavy atom. The molecule has 1 aliphatic rings. The molecule has 0 spiro atoms. The first-order valence-corrected chi connectivity index (χ1v) is 6.64. The second kappa shape index (κ2) is 4.20. The summed E-state index contributed by atoms with van der Waals surface area (Å²) < 4.78 is 17.3. The number of hydrogen-bond donors (Lipinski definition) is 2. The lowest BCUT2D eigenvalue weighted by atomic mass is 10.4. The molecule has 10 nitrogen and oxygen atoms in total. The first kappa shape index (κ1) is 13.8. The van der Waals surface area contributed by atoms with Gasteiger partial charge in [0.25, 0.3) is 5.56 Å². The van der Waals surface area contributed by atoms with Crippen LogP contribution in [0.25, 0.3) is 0 Å². The van der Waals surface area contributed by atoms with E-state index < -0.39 is 25.4 Å². The number of nitrogens with zero attached hydrogens (tertiary/aromatic N) is 4. The molecule has 1 radical (unpaired) electrons. The maximum atomic E-state index is 12.0. The summed E-state index contributed by atoms with van der Waals surface area (Å²) >= 11 is 0. The molecule has 11 heteroatoms. The molecule has 1 atom stereocenters. The predicted molar refractivity (Wildman–Crippen MR) is 64.0 cm³/mol. The molecule has 1 aliphatic heterocycles. The molecular formula is C8H12N4O6P. The van der Waals surface area contributed by atoms with Gasteiger partial charge in [-0.1, -0.05) is 0 Å². The maximum absolute atomic E-state index is 12.0. The van der Waals surface area contributed by atoms with Gasteiger partial charge in [-0.2, -0.15) is 0 Å². The SMILES string of the molecule is CN1c2c(n(C)c(=O)n(C)c2=O)[N]C1OP(=O)(O)O. The molecule has 0 saturated carbocycles. The summed E-state index contributed by atoms with van der Waals surface area (Å²) in [5.41, 5.74) is -1.15. The minimum absolute atomic E-state index is 0.0223. The summed E-state index contributed by atoms with van der Waals surface area (Å²) in [5, 5.41) is 3.84. The van der Waals surface area contributed by atoms with Crippen molar-refractivity contribution in [2.24, 2.45) is 14.1 Å². The third-order valence-corrected chi connectivity index (χ3v) is 3.22. The van der Waals surface area contributed by atoms with Crippen molar-refractivity contribution < 1.29 is 18.9 Å². The Balaban J connectivity index is 2.56. The normalized spacial score (nSPS) is 18.4. The highest BCUT2D eigenvalue weighted by molar-refractivity contribution is 7.46. The molecule has 0 bridgehead atoms. The molecule has 2 N–H and O–H groups in total. The molecule has 0 saturated heterocycles. The number of aromatic nitrogens is 2. The average Bonchev–Trinajstić information content (AvgIpc) is 2.60. The van der Waals surface area contributed by atoms with Gasteiger partial charge in [-0.3, -0.25) is 13.9 Å². The van der Waals surface area contributed by atoms with Crippen LogP contribution in [0.4, 0.5) is 11.5 Å². The van der Waals surface area contributed by atoms with Crippen LogP contribution in [0.3, 0.4) is 0 Å². The molecule has 1 unspecified atom stereocenters. The van der Waals surface area contributed by atoms with Gasteiger partial charge in [-0.25, -0.2) is 19.2 Å². The van der Waals surface area contributed by atoms with Crippen LogP contribution in [0.5, 0.6) is 0 Å². The average molecular weight is 291 g/mol. The zero-order chi connectivity index (χ0) is 14.5. The molecule has 1 aromatic rings. The van der Waals surface area contributed by atoms with E-state index in [1.54, 1.807) is 0 Å². The minimum atomic E-state index is -4.77. The molecule has 105 valence electrons. The number of phosphoric acid groups is 1. The van der Waals surface area contributed by atoms with Crippen molar-refractivity contribution in [3.8, 4) is 0 Å². The van der Waals surface area contributed by atoms with Crippen molar-refractivity contribution in [2.45, 2.75) is 6.35 Å². The van der Waals surface area contributed by atoms with Gasteiger partial charge in [0.05, 0.1) is 0 Å². The highest BCUT2D eigenvalue weighted by atomic mass is 31.2. The molecule has 1 aromatic heterocycles. The third kappa shape index (κ3) is 2.19. The van der Waals surface area contributed by atoms with Gasteiger partial charge in [0.1, 0.15) is 5.69 Å². The van der Waals surface area contributed by atoms with Gasteiger partial charge in [0.15, 0.2) is 5.82 Å². The van der Waals surface area contributed by atoms with Crippen molar-refractivity contribution in [2.75, 3.05) is 11.9 Å². The van der Waals surface area contributed by atoms with Crippen LogP contribution < -0.4 is 21.5 Å². The molecule has 0 fully saturated rings. The fraction of sp³-hybridized carbons (Fsp3) is 0.500. The van der Waals surface area contributed by atoms with E-state index in [0.29, 0.717) is 0 Å².